The lowest BCUT2D eigenvalue weighted by atomic mass is 10.2. The standard InChI is InChI=1S/C13H16N4O2/c1-8-4-5-11(12(18)15-8)13(19)17(3)7-10-6-14-16-9(10)2/h4-6H,7H2,1-3H3,(H,14,16)(H,15,18). The van der Waals surface area contributed by atoms with Crippen molar-refractivity contribution < 1.29 is 4.79 Å². The minimum Gasteiger partial charge on any atom is -0.337 e. The summed E-state index contributed by atoms with van der Waals surface area (Å²) < 4.78 is 0. The van der Waals surface area contributed by atoms with Gasteiger partial charge in [-0.05, 0) is 26.0 Å². The highest BCUT2D eigenvalue weighted by molar-refractivity contribution is 5.93. The second-order valence-electron chi connectivity index (χ2n) is 4.57. The topological polar surface area (TPSA) is 81.8 Å². The fourth-order valence-corrected chi connectivity index (χ4v) is 1.81. The number of nitrogens with zero attached hydrogens (tertiary/aromatic N) is 2. The van der Waals surface area contributed by atoms with Gasteiger partial charge in [-0.15, -0.1) is 0 Å². The quantitative estimate of drug-likeness (QED) is 0.863. The van der Waals surface area contributed by atoms with E-state index in [4.69, 9.17) is 0 Å². The van der Waals surface area contributed by atoms with E-state index in [2.05, 4.69) is 15.2 Å². The van der Waals surface area contributed by atoms with Crippen LogP contribution < -0.4 is 5.56 Å². The Balaban J connectivity index is 2.20. The number of rotatable bonds is 3. The van der Waals surface area contributed by atoms with E-state index in [9.17, 15) is 9.59 Å². The van der Waals surface area contributed by atoms with Crippen molar-refractivity contribution >= 4 is 5.91 Å². The molecular formula is C13H16N4O2. The molecule has 100 valence electrons. The number of carbonyl (C=O) groups is 1. The van der Waals surface area contributed by atoms with Crippen LogP contribution in [-0.4, -0.2) is 33.0 Å². The minimum atomic E-state index is -0.360. The number of amides is 1. The van der Waals surface area contributed by atoms with Crippen LogP contribution in [0.25, 0.3) is 0 Å². The Hall–Kier alpha value is -2.37. The second kappa shape index (κ2) is 5.09. The largest absolute Gasteiger partial charge is 0.337 e. The molecule has 2 heterocycles. The van der Waals surface area contributed by atoms with Crippen molar-refractivity contribution in [1.82, 2.24) is 20.1 Å². The van der Waals surface area contributed by atoms with Gasteiger partial charge >= 0.3 is 0 Å². The molecule has 0 aliphatic heterocycles. The van der Waals surface area contributed by atoms with Crippen LogP contribution in [0.15, 0.2) is 23.1 Å². The molecule has 0 saturated carbocycles. The van der Waals surface area contributed by atoms with E-state index < -0.39 is 0 Å². The van der Waals surface area contributed by atoms with Crippen LogP contribution in [-0.2, 0) is 6.54 Å². The third-order valence-corrected chi connectivity index (χ3v) is 2.97. The van der Waals surface area contributed by atoms with E-state index in [1.165, 1.54) is 4.90 Å². The highest BCUT2D eigenvalue weighted by atomic mass is 16.2. The van der Waals surface area contributed by atoms with Crippen LogP contribution in [0.4, 0.5) is 0 Å². The van der Waals surface area contributed by atoms with E-state index in [-0.39, 0.29) is 17.0 Å². The Morgan fingerprint density at radius 1 is 1.37 bits per heavy atom. The van der Waals surface area contributed by atoms with E-state index in [1.807, 2.05) is 6.92 Å². The van der Waals surface area contributed by atoms with Crippen molar-refractivity contribution in [2.24, 2.45) is 0 Å². The van der Waals surface area contributed by atoms with Crippen molar-refractivity contribution in [3.63, 3.8) is 0 Å². The first-order chi connectivity index (χ1) is 8.99. The molecular weight excluding hydrogens is 244 g/mol. The van der Waals surface area contributed by atoms with Gasteiger partial charge in [0, 0.05) is 30.5 Å². The molecule has 1 amide bonds. The summed E-state index contributed by atoms with van der Waals surface area (Å²) in [5.41, 5.74) is 2.36. The average molecular weight is 260 g/mol. The van der Waals surface area contributed by atoms with Crippen molar-refractivity contribution in [2.75, 3.05) is 7.05 Å². The molecule has 0 unspecified atom stereocenters. The van der Waals surface area contributed by atoms with Gasteiger partial charge in [0.25, 0.3) is 11.5 Å². The number of nitrogens with one attached hydrogen (secondary N) is 2. The smallest absolute Gasteiger partial charge is 0.260 e. The predicted molar refractivity (Wildman–Crippen MR) is 70.9 cm³/mol. The third kappa shape index (κ3) is 2.73. The first-order valence-corrected chi connectivity index (χ1v) is 5.93. The van der Waals surface area contributed by atoms with Gasteiger partial charge in [0.05, 0.1) is 6.20 Å². The molecule has 19 heavy (non-hydrogen) atoms. The molecule has 0 atom stereocenters. The van der Waals surface area contributed by atoms with Gasteiger partial charge in [-0.1, -0.05) is 0 Å². The molecule has 0 aliphatic carbocycles. The summed E-state index contributed by atoms with van der Waals surface area (Å²) in [6.45, 7) is 4.07. The highest BCUT2D eigenvalue weighted by Gasteiger charge is 2.16. The summed E-state index contributed by atoms with van der Waals surface area (Å²) in [5.74, 6) is -0.304. The monoisotopic (exact) mass is 260 g/mol. The van der Waals surface area contributed by atoms with E-state index in [0.717, 1.165) is 17.0 Å². The van der Waals surface area contributed by atoms with Crippen molar-refractivity contribution in [2.45, 2.75) is 20.4 Å². The van der Waals surface area contributed by atoms with E-state index in [0.29, 0.717) is 6.54 Å². The van der Waals surface area contributed by atoms with Gasteiger partial charge in [0.15, 0.2) is 0 Å². The summed E-state index contributed by atoms with van der Waals surface area (Å²) in [7, 11) is 1.66. The lowest BCUT2D eigenvalue weighted by Gasteiger charge is -2.16. The Bertz CT molecular complexity index is 657. The summed E-state index contributed by atoms with van der Waals surface area (Å²) in [5, 5.41) is 6.72. The van der Waals surface area contributed by atoms with Crippen LogP contribution in [0.5, 0.6) is 0 Å². The molecule has 6 heteroatoms. The van der Waals surface area contributed by atoms with E-state index in [1.54, 1.807) is 32.3 Å². The highest BCUT2D eigenvalue weighted by Crippen LogP contribution is 2.08. The lowest BCUT2D eigenvalue weighted by molar-refractivity contribution is 0.0783. The molecule has 0 aliphatic rings. The van der Waals surface area contributed by atoms with Crippen molar-refractivity contribution in [3.8, 4) is 0 Å². The van der Waals surface area contributed by atoms with Crippen LogP contribution >= 0.6 is 0 Å². The van der Waals surface area contributed by atoms with Gasteiger partial charge in [-0.2, -0.15) is 5.10 Å². The molecule has 2 aromatic heterocycles. The molecule has 0 radical (unpaired) electrons. The number of hydrogen-bond donors (Lipinski definition) is 2. The number of pyridine rings is 1. The normalized spacial score (nSPS) is 10.5. The lowest BCUT2D eigenvalue weighted by Crippen LogP contribution is -2.31. The van der Waals surface area contributed by atoms with Gasteiger partial charge < -0.3 is 9.88 Å². The van der Waals surface area contributed by atoms with Crippen molar-refractivity contribution in [3.05, 3.63) is 51.2 Å². The zero-order valence-electron chi connectivity index (χ0n) is 11.2. The van der Waals surface area contributed by atoms with E-state index >= 15 is 0 Å². The average Bonchev–Trinajstić information content (AvgIpc) is 2.74. The Morgan fingerprint density at radius 2 is 2.11 bits per heavy atom. The molecule has 0 fully saturated rings. The van der Waals surface area contributed by atoms with Crippen LogP contribution in [0.1, 0.15) is 27.3 Å². The fourth-order valence-electron chi connectivity index (χ4n) is 1.81. The van der Waals surface area contributed by atoms with Gasteiger partial charge in [-0.25, -0.2) is 0 Å². The second-order valence-corrected chi connectivity index (χ2v) is 4.57. The zero-order valence-corrected chi connectivity index (χ0v) is 11.2. The number of aromatic nitrogens is 3. The van der Waals surface area contributed by atoms with Crippen molar-refractivity contribution in [1.29, 1.82) is 0 Å². The maximum atomic E-state index is 12.2. The number of aryl methyl sites for hydroxylation is 2. The van der Waals surface area contributed by atoms with Crippen LogP contribution in [0.2, 0.25) is 0 Å². The summed E-state index contributed by atoms with van der Waals surface area (Å²) in [6, 6.07) is 3.26. The third-order valence-electron chi connectivity index (χ3n) is 2.97. The number of H-pyrrole nitrogens is 2. The Morgan fingerprint density at radius 3 is 2.68 bits per heavy atom. The molecule has 6 nitrogen and oxygen atoms in total. The first kappa shape index (κ1) is 13.1. The molecule has 2 aromatic rings. The summed E-state index contributed by atoms with van der Waals surface area (Å²) in [4.78, 5) is 28.0. The summed E-state index contributed by atoms with van der Waals surface area (Å²) >= 11 is 0. The molecule has 2 N–H and O–H groups in total. The molecule has 0 saturated heterocycles. The fraction of sp³-hybridized carbons (Fsp3) is 0.308. The first-order valence-electron chi connectivity index (χ1n) is 5.93. The summed E-state index contributed by atoms with van der Waals surface area (Å²) in [6.07, 6.45) is 1.68. The van der Waals surface area contributed by atoms with Crippen LogP contribution in [0.3, 0.4) is 0 Å². The van der Waals surface area contributed by atoms with Gasteiger partial charge in [0.1, 0.15) is 5.56 Å². The molecule has 0 bridgehead atoms. The Labute approximate surface area is 110 Å². The van der Waals surface area contributed by atoms with Gasteiger partial charge in [-0.3, -0.25) is 14.7 Å². The van der Waals surface area contributed by atoms with Crippen LogP contribution in [0, 0.1) is 13.8 Å². The number of carbonyl (C=O) groups excluding carboxylic acids is 1. The minimum absolute atomic E-state index is 0.147. The maximum absolute atomic E-state index is 12.2. The Kier molecular flexibility index (Phi) is 3.50. The zero-order chi connectivity index (χ0) is 14.0. The predicted octanol–water partition coefficient (Wildman–Crippen LogP) is 0.987. The molecule has 0 aromatic carbocycles. The molecule has 2 rings (SSSR count). The number of hydrogen-bond acceptors (Lipinski definition) is 3. The number of aromatic amines is 2. The SMILES string of the molecule is Cc1ccc(C(=O)N(C)Cc2cn[nH]c2C)c(=O)[nH]1. The maximum Gasteiger partial charge on any atom is 0.260 e. The van der Waals surface area contributed by atoms with Gasteiger partial charge in [0.2, 0.25) is 0 Å². The molecule has 0 spiro atoms.